The van der Waals surface area contributed by atoms with Crippen molar-refractivity contribution < 1.29 is 17.6 Å². The van der Waals surface area contributed by atoms with Gasteiger partial charge in [-0.1, -0.05) is 23.9 Å². The molecule has 0 spiro atoms. The second-order valence-corrected chi connectivity index (χ2v) is 12.2. The van der Waals surface area contributed by atoms with Crippen LogP contribution in [0, 0.1) is 12.7 Å². The molecule has 3 aromatic rings. The summed E-state index contributed by atoms with van der Waals surface area (Å²) in [6.07, 6.45) is 0.382. The Balaban J connectivity index is 1.53. The maximum absolute atomic E-state index is 13.3. The van der Waals surface area contributed by atoms with Crippen molar-refractivity contribution in [2.45, 2.75) is 31.0 Å². The summed E-state index contributed by atoms with van der Waals surface area (Å²) >= 11 is 2.44. The molecule has 1 amide bonds. The van der Waals surface area contributed by atoms with Crippen LogP contribution >= 0.6 is 23.1 Å². The van der Waals surface area contributed by atoms with E-state index in [1.807, 2.05) is 6.92 Å². The molecule has 1 saturated heterocycles. The zero-order valence-corrected chi connectivity index (χ0v) is 19.3. The van der Waals surface area contributed by atoms with Gasteiger partial charge in [-0.2, -0.15) is 0 Å². The van der Waals surface area contributed by atoms with Crippen LogP contribution < -0.4 is 10.9 Å². The molecule has 2 N–H and O–H groups in total. The highest BCUT2D eigenvalue weighted by Gasteiger charge is 2.39. The molecule has 7 nitrogen and oxygen atoms in total. The number of carbonyl (C=O) groups excluding carboxylic acids is 1. The van der Waals surface area contributed by atoms with Gasteiger partial charge >= 0.3 is 0 Å². The van der Waals surface area contributed by atoms with E-state index in [1.54, 1.807) is 19.1 Å². The third-order valence-electron chi connectivity index (χ3n) is 5.13. The van der Waals surface area contributed by atoms with Crippen LogP contribution in [0.2, 0.25) is 0 Å². The van der Waals surface area contributed by atoms with Crippen LogP contribution in [0.3, 0.4) is 0 Å². The summed E-state index contributed by atoms with van der Waals surface area (Å²) in [5.74, 6) is -0.677. The highest BCUT2D eigenvalue weighted by Crippen LogP contribution is 2.36. The molecule has 0 bridgehead atoms. The fourth-order valence-corrected chi connectivity index (χ4v) is 7.60. The van der Waals surface area contributed by atoms with Crippen molar-refractivity contribution >= 4 is 49.1 Å². The van der Waals surface area contributed by atoms with Gasteiger partial charge < -0.3 is 10.3 Å². The van der Waals surface area contributed by atoms with Gasteiger partial charge in [-0.25, -0.2) is 17.8 Å². The number of benzene rings is 1. The number of fused-ring (bicyclic) bond motifs is 1. The normalized spacial score (nSPS) is 20.2. The number of sulfone groups is 1. The molecule has 0 unspecified atom stereocenters. The van der Waals surface area contributed by atoms with Gasteiger partial charge in [-0.05, 0) is 38.0 Å². The molecule has 164 valence electrons. The summed E-state index contributed by atoms with van der Waals surface area (Å²) in [6.45, 7) is 3.60. The third-order valence-corrected chi connectivity index (χ3v) is 8.91. The van der Waals surface area contributed by atoms with Crippen LogP contribution in [-0.4, -0.2) is 47.1 Å². The van der Waals surface area contributed by atoms with Crippen LogP contribution in [0.15, 0.2) is 34.2 Å². The summed E-state index contributed by atoms with van der Waals surface area (Å²) in [5.41, 5.74) is 0.358. The van der Waals surface area contributed by atoms with Gasteiger partial charge in [0, 0.05) is 10.4 Å². The second-order valence-electron chi connectivity index (χ2n) is 7.83. The average molecular weight is 482 g/mol. The first-order chi connectivity index (χ1) is 14.6. The van der Waals surface area contributed by atoms with Crippen LogP contribution in [-0.2, 0) is 14.6 Å². The minimum atomic E-state index is -3.12. The van der Waals surface area contributed by atoms with Crippen molar-refractivity contribution in [3.8, 4) is 11.1 Å². The number of thioether (sulfide) groups is 1. The van der Waals surface area contributed by atoms with E-state index in [1.165, 1.54) is 23.5 Å². The maximum atomic E-state index is 13.3. The minimum absolute atomic E-state index is 0.000733. The molecule has 0 aliphatic carbocycles. The summed E-state index contributed by atoms with van der Waals surface area (Å²) in [5, 5.41) is 3.53. The molecule has 3 heterocycles. The van der Waals surface area contributed by atoms with E-state index < -0.39 is 15.4 Å². The van der Waals surface area contributed by atoms with E-state index in [4.69, 9.17) is 0 Å². The van der Waals surface area contributed by atoms with Gasteiger partial charge in [-0.15, -0.1) is 11.3 Å². The molecule has 2 aromatic heterocycles. The number of hydrogen-bond donors (Lipinski definition) is 2. The van der Waals surface area contributed by atoms with Crippen molar-refractivity contribution in [2.24, 2.45) is 0 Å². The van der Waals surface area contributed by atoms with Crippen molar-refractivity contribution in [3.05, 3.63) is 45.3 Å². The van der Waals surface area contributed by atoms with Crippen molar-refractivity contribution in [3.63, 3.8) is 0 Å². The molecule has 11 heteroatoms. The smallest absolute Gasteiger partial charge is 0.260 e. The molecule has 1 aliphatic rings. The summed E-state index contributed by atoms with van der Waals surface area (Å²) in [4.78, 5) is 33.7. The SMILES string of the molecule is Cc1sc2nc(SCC(=O)N[C@]3(C)CCS(=O)(=O)C3)[nH]c(=O)c2c1-c1ccc(F)cc1. The van der Waals surface area contributed by atoms with Crippen LogP contribution in [0.1, 0.15) is 18.2 Å². The monoisotopic (exact) mass is 481 g/mol. The number of H-pyrrole nitrogens is 1. The number of nitrogens with one attached hydrogen (secondary N) is 2. The van der Waals surface area contributed by atoms with Gasteiger partial charge in [0.05, 0.1) is 28.2 Å². The molecule has 1 fully saturated rings. The molecular weight excluding hydrogens is 461 g/mol. The van der Waals surface area contributed by atoms with Gasteiger partial charge in [0.2, 0.25) is 5.91 Å². The Morgan fingerprint density at radius 2 is 2.06 bits per heavy atom. The average Bonchev–Trinajstić information content (AvgIpc) is 3.15. The third kappa shape index (κ3) is 4.68. The van der Waals surface area contributed by atoms with Gasteiger partial charge in [0.25, 0.3) is 5.56 Å². The summed E-state index contributed by atoms with van der Waals surface area (Å²) < 4.78 is 36.7. The van der Waals surface area contributed by atoms with E-state index in [9.17, 15) is 22.4 Å². The number of amides is 1. The predicted octanol–water partition coefficient (Wildman–Crippen LogP) is 2.88. The Morgan fingerprint density at radius 1 is 1.35 bits per heavy atom. The second kappa shape index (κ2) is 8.03. The number of hydrogen-bond acceptors (Lipinski definition) is 7. The lowest BCUT2D eigenvalue weighted by atomic mass is 10.0. The number of nitrogens with zero attached hydrogens (tertiary/aromatic N) is 1. The number of aryl methyl sites for hydroxylation is 1. The highest BCUT2D eigenvalue weighted by molar-refractivity contribution is 7.99. The van der Waals surface area contributed by atoms with Gasteiger partial charge in [0.1, 0.15) is 10.6 Å². The van der Waals surface area contributed by atoms with Crippen molar-refractivity contribution in [1.29, 1.82) is 0 Å². The number of rotatable bonds is 5. The largest absolute Gasteiger partial charge is 0.349 e. The number of carbonyl (C=O) groups is 1. The van der Waals surface area contributed by atoms with Gasteiger partial charge in [0.15, 0.2) is 15.0 Å². The Hall–Kier alpha value is -2.24. The van der Waals surface area contributed by atoms with E-state index in [2.05, 4.69) is 15.3 Å². The zero-order valence-electron chi connectivity index (χ0n) is 16.8. The topological polar surface area (TPSA) is 109 Å². The Bertz CT molecular complexity index is 1330. The lowest BCUT2D eigenvalue weighted by Gasteiger charge is -2.23. The molecular formula is C20H20FN3O4S3. The first-order valence-electron chi connectivity index (χ1n) is 9.49. The predicted molar refractivity (Wildman–Crippen MR) is 121 cm³/mol. The number of thiophene rings is 1. The molecule has 0 radical (unpaired) electrons. The van der Waals surface area contributed by atoms with Crippen LogP contribution in [0.25, 0.3) is 21.3 Å². The molecule has 1 aromatic carbocycles. The maximum Gasteiger partial charge on any atom is 0.260 e. The molecule has 31 heavy (non-hydrogen) atoms. The zero-order chi connectivity index (χ0) is 22.4. The number of aromatic amines is 1. The lowest BCUT2D eigenvalue weighted by molar-refractivity contribution is -0.120. The quantitative estimate of drug-likeness (QED) is 0.428. The summed E-state index contributed by atoms with van der Waals surface area (Å²) in [7, 11) is -3.12. The Labute approximate surface area is 186 Å². The molecule has 0 saturated carbocycles. The molecule has 1 aliphatic heterocycles. The highest BCUT2D eigenvalue weighted by atomic mass is 32.2. The van der Waals surface area contributed by atoms with E-state index in [-0.39, 0.29) is 34.5 Å². The van der Waals surface area contributed by atoms with E-state index in [0.29, 0.717) is 21.8 Å². The van der Waals surface area contributed by atoms with Crippen molar-refractivity contribution in [1.82, 2.24) is 15.3 Å². The van der Waals surface area contributed by atoms with Crippen LogP contribution in [0.4, 0.5) is 4.39 Å². The van der Waals surface area contributed by atoms with E-state index >= 15 is 0 Å². The van der Waals surface area contributed by atoms with E-state index in [0.717, 1.165) is 27.8 Å². The number of halogens is 1. The number of aromatic nitrogens is 2. The first-order valence-corrected chi connectivity index (χ1v) is 13.1. The molecule has 1 atom stereocenters. The van der Waals surface area contributed by atoms with Crippen LogP contribution in [0.5, 0.6) is 0 Å². The molecule has 4 rings (SSSR count). The first kappa shape index (κ1) is 22.0. The fraction of sp³-hybridized carbons (Fsp3) is 0.350. The Morgan fingerprint density at radius 3 is 2.71 bits per heavy atom. The van der Waals surface area contributed by atoms with Gasteiger partial charge in [-0.3, -0.25) is 9.59 Å². The minimum Gasteiger partial charge on any atom is -0.349 e. The van der Waals surface area contributed by atoms with Crippen molar-refractivity contribution in [2.75, 3.05) is 17.3 Å². The summed E-state index contributed by atoms with van der Waals surface area (Å²) in [6, 6.07) is 5.94. The lowest BCUT2D eigenvalue weighted by Crippen LogP contribution is -2.47. The Kier molecular flexibility index (Phi) is 5.69. The standard InChI is InChI=1S/C20H20FN3O4S3/c1-11-15(12-3-5-13(21)6-4-12)16-17(26)22-19(23-18(16)30-11)29-9-14(25)24-20(2)7-8-31(27,28)10-20/h3-6H,7-10H2,1-2H3,(H,24,25)(H,22,23,26)/t20-/m1/s1. The fourth-order valence-electron chi connectivity index (χ4n) is 3.75.